The number of amides is 1. The molecule has 0 aliphatic carbocycles. The number of halogens is 5. The Morgan fingerprint density at radius 3 is 2.47 bits per heavy atom. The highest BCUT2D eigenvalue weighted by atomic mass is 35.5. The summed E-state index contributed by atoms with van der Waals surface area (Å²) in [5.41, 5.74) is -0.488. The average molecular weight is 653 g/mol. The molecule has 5 rings (SSSR count). The summed E-state index contributed by atoms with van der Waals surface area (Å²) in [4.78, 5) is 26.2. The van der Waals surface area contributed by atoms with Crippen molar-refractivity contribution in [3.63, 3.8) is 0 Å². The molecule has 0 unspecified atom stereocenters. The van der Waals surface area contributed by atoms with Crippen LogP contribution in [0.15, 0.2) is 18.3 Å². The molecule has 244 valence electrons. The number of aromatic nitrogens is 3. The molecule has 2 aliphatic heterocycles. The van der Waals surface area contributed by atoms with Gasteiger partial charge < -0.3 is 14.8 Å². The number of nitrogens with zero attached hydrogens (tertiary/aromatic N) is 5. The molecule has 0 radical (unpaired) electrons. The van der Waals surface area contributed by atoms with Crippen LogP contribution in [0.2, 0.25) is 5.15 Å². The molecule has 1 N–H and O–H groups in total. The number of ether oxygens (including phenoxy) is 2. The molecule has 3 aromatic rings. The van der Waals surface area contributed by atoms with E-state index in [2.05, 4.69) is 20.3 Å². The maximum atomic E-state index is 15.3. The first kappa shape index (κ1) is 32.9. The van der Waals surface area contributed by atoms with Crippen molar-refractivity contribution in [2.24, 2.45) is 5.92 Å². The van der Waals surface area contributed by atoms with Crippen molar-refractivity contribution in [3.05, 3.63) is 52.3 Å². The molecule has 0 spiro atoms. The van der Waals surface area contributed by atoms with Gasteiger partial charge in [-0.15, -0.1) is 0 Å². The number of pyridine rings is 1. The van der Waals surface area contributed by atoms with E-state index in [4.69, 9.17) is 21.1 Å². The Labute approximate surface area is 264 Å². The monoisotopic (exact) mass is 652 g/mol. The molecule has 2 aliphatic rings. The predicted octanol–water partition coefficient (Wildman–Crippen LogP) is 7.28. The summed E-state index contributed by atoms with van der Waals surface area (Å²) < 4.78 is 68.4. The molecule has 1 amide bonds. The lowest BCUT2D eigenvalue weighted by atomic mass is 9.91. The molecule has 2 saturated heterocycles. The fraction of sp³-hybridized carbons (Fsp3) is 0.548. The lowest BCUT2D eigenvalue weighted by Crippen LogP contribution is -2.49. The second-order valence-corrected chi connectivity index (χ2v) is 12.8. The summed E-state index contributed by atoms with van der Waals surface area (Å²) in [5, 5.41) is 6.33. The van der Waals surface area contributed by atoms with Gasteiger partial charge >= 0.3 is 12.1 Å². The first-order valence-corrected chi connectivity index (χ1v) is 15.6. The number of benzene rings is 1. The number of nitrogens with one attached hydrogen (secondary N) is 1. The Morgan fingerprint density at radius 1 is 1.00 bits per heavy atom. The molecular weight excluding hydrogens is 616 g/mol. The summed E-state index contributed by atoms with van der Waals surface area (Å²) in [7, 11) is 0. The van der Waals surface area contributed by atoms with Crippen molar-refractivity contribution in [2.45, 2.75) is 77.4 Å². The Kier molecular flexibility index (Phi) is 10.2. The minimum absolute atomic E-state index is 0.0230. The van der Waals surface area contributed by atoms with Crippen molar-refractivity contribution in [1.29, 1.82) is 0 Å². The number of fused-ring (bicyclic) bond motifs is 1. The van der Waals surface area contributed by atoms with Gasteiger partial charge in [0.2, 0.25) is 0 Å². The smallest absolute Gasteiger partial charge is 0.429 e. The van der Waals surface area contributed by atoms with Crippen LogP contribution in [0.5, 0.6) is 6.01 Å². The number of hydrazine groups is 1. The Hall–Kier alpha value is -3.45. The van der Waals surface area contributed by atoms with Gasteiger partial charge in [0.1, 0.15) is 11.1 Å². The Morgan fingerprint density at radius 2 is 1.73 bits per heavy atom. The topological polar surface area (TPSA) is 92.7 Å². The van der Waals surface area contributed by atoms with Crippen molar-refractivity contribution >= 4 is 34.4 Å². The molecule has 1 aromatic carbocycles. The van der Waals surface area contributed by atoms with Crippen molar-refractivity contribution in [2.75, 3.05) is 31.3 Å². The summed E-state index contributed by atoms with van der Waals surface area (Å²) in [6.45, 7) is 6.92. The third-order valence-corrected chi connectivity index (χ3v) is 8.14. The van der Waals surface area contributed by atoms with Gasteiger partial charge in [-0.05, 0) is 95.9 Å². The van der Waals surface area contributed by atoms with Crippen LogP contribution in [-0.2, 0) is 4.74 Å². The zero-order valence-electron chi connectivity index (χ0n) is 25.5. The van der Waals surface area contributed by atoms with E-state index in [1.165, 1.54) is 11.2 Å². The highest BCUT2D eigenvalue weighted by Gasteiger charge is 2.32. The summed E-state index contributed by atoms with van der Waals surface area (Å²) >= 11 is 6.02. The van der Waals surface area contributed by atoms with Crippen LogP contribution in [-0.4, -0.2) is 57.9 Å². The summed E-state index contributed by atoms with van der Waals surface area (Å²) in [5.74, 6) is -4.51. The predicted molar refractivity (Wildman–Crippen MR) is 161 cm³/mol. The zero-order valence-corrected chi connectivity index (χ0v) is 26.3. The third kappa shape index (κ3) is 7.86. The standard InChI is InChI=1S/C31H37ClF4N6O3/c1-31(2,3)45-30(43)42-13-6-4-5-12-41(42)28-20-16-38-27(32)25(36)26(20)39-29(40-28)44-17-18-8-7-11-37-23(10-9-18)19-14-21(33)24(35)22(34)15-19/h14-16,18,23,37H,4-13,17H2,1-3H3/t18-,23-/m0/s1. The molecule has 14 heteroatoms. The molecule has 2 aromatic heterocycles. The number of rotatable bonds is 5. The molecular formula is C31H37ClF4N6O3. The fourth-order valence-corrected chi connectivity index (χ4v) is 5.80. The summed E-state index contributed by atoms with van der Waals surface area (Å²) in [6.07, 6.45) is 5.89. The molecule has 9 nitrogen and oxygen atoms in total. The van der Waals surface area contributed by atoms with E-state index in [1.54, 1.807) is 25.8 Å². The van der Waals surface area contributed by atoms with E-state index < -0.39 is 35.0 Å². The maximum Gasteiger partial charge on any atom is 0.429 e. The van der Waals surface area contributed by atoms with Gasteiger partial charge in [0.25, 0.3) is 0 Å². The van der Waals surface area contributed by atoms with Crippen LogP contribution >= 0.6 is 11.6 Å². The maximum absolute atomic E-state index is 15.3. The Bertz CT molecular complexity index is 1520. The minimum atomic E-state index is -1.49. The van der Waals surface area contributed by atoms with Crippen LogP contribution in [0.3, 0.4) is 0 Å². The minimum Gasteiger partial charge on any atom is -0.463 e. The van der Waals surface area contributed by atoms with E-state index in [-0.39, 0.29) is 46.5 Å². The molecule has 0 bridgehead atoms. The van der Waals surface area contributed by atoms with Crippen LogP contribution in [0, 0.1) is 29.2 Å². The van der Waals surface area contributed by atoms with Gasteiger partial charge in [0, 0.05) is 25.3 Å². The van der Waals surface area contributed by atoms with Gasteiger partial charge in [-0.1, -0.05) is 11.6 Å². The molecule has 2 fully saturated rings. The van der Waals surface area contributed by atoms with E-state index in [9.17, 15) is 18.0 Å². The Balaban J connectivity index is 1.40. The first-order valence-electron chi connectivity index (χ1n) is 15.2. The lowest BCUT2D eigenvalue weighted by Gasteiger charge is -2.35. The normalized spacial score (nSPS) is 20.0. The van der Waals surface area contributed by atoms with Gasteiger partial charge in [-0.25, -0.2) is 32.3 Å². The van der Waals surface area contributed by atoms with E-state index in [0.29, 0.717) is 38.0 Å². The quantitative estimate of drug-likeness (QED) is 0.175. The van der Waals surface area contributed by atoms with Gasteiger partial charge in [0.15, 0.2) is 34.2 Å². The van der Waals surface area contributed by atoms with E-state index in [0.717, 1.165) is 44.2 Å². The van der Waals surface area contributed by atoms with Gasteiger partial charge in [0.05, 0.1) is 12.0 Å². The van der Waals surface area contributed by atoms with Crippen LogP contribution in [0.4, 0.5) is 28.2 Å². The number of hydrogen-bond acceptors (Lipinski definition) is 8. The number of carbonyl (C=O) groups excluding carboxylic acids is 1. The molecule has 2 atom stereocenters. The highest BCUT2D eigenvalue weighted by molar-refractivity contribution is 6.30. The highest BCUT2D eigenvalue weighted by Crippen LogP contribution is 2.33. The SMILES string of the molecule is CC(C)(C)OC(=O)N1CCCCCN1c1nc(OC[C@H]2CCCN[C@H](c3cc(F)c(F)c(F)c3)CC2)nc2c(F)c(Cl)ncc12. The third-order valence-electron chi connectivity index (χ3n) is 7.88. The lowest BCUT2D eigenvalue weighted by molar-refractivity contribution is 0.0232. The zero-order chi connectivity index (χ0) is 32.3. The van der Waals surface area contributed by atoms with Crippen molar-refractivity contribution in [3.8, 4) is 6.01 Å². The van der Waals surface area contributed by atoms with Crippen molar-refractivity contribution in [1.82, 2.24) is 25.3 Å². The number of hydrogen-bond donors (Lipinski definition) is 1. The van der Waals surface area contributed by atoms with Crippen LogP contribution in [0.25, 0.3) is 10.9 Å². The molecule has 0 saturated carbocycles. The fourth-order valence-electron chi connectivity index (χ4n) is 5.66. The van der Waals surface area contributed by atoms with Gasteiger partial charge in [-0.3, -0.25) is 5.01 Å². The first-order chi connectivity index (χ1) is 21.4. The molecule has 45 heavy (non-hydrogen) atoms. The average Bonchev–Trinajstić information content (AvgIpc) is 3.22. The second-order valence-electron chi connectivity index (χ2n) is 12.4. The largest absolute Gasteiger partial charge is 0.463 e. The number of anilines is 1. The second kappa shape index (κ2) is 13.9. The van der Waals surface area contributed by atoms with Crippen LogP contribution < -0.4 is 15.1 Å². The molecule has 4 heterocycles. The van der Waals surface area contributed by atoms with Gasteiger partial charge in [-0.2, -0.15) is 9.97 Å². The van der Waals surface area contributed by atoms with Crippen molar-refractivity contribution < 1.29 is 31.8 Å². The number of carbonyl (C=O) groups is 1. The van der Waals surface area contributed by atoms with E-state index >= 15 is 4.39 Å². The summed E-state index contributed by atoms with van der Waals surface area (Å²) in [6, 6.07) is 1.58. The van der Waals surface area contributed by atoms with E-state index in [1.807, 2.05) is 0 Å². The van der Waals surface area contributed by atoms with Crippen LogP contribution in [0.1, 0.15) is 77.3 Å².